The summed E-state index contributed by atoms with van der Waals surface area (Å²) in [5.74, 6) is 0.0737. The molecule has 6 nitrogen and oxygen atoms in total. The van der Waals surface area contributed by atoms with E-state index in [-0.39, 0.29) is 11.8 Å². The van der Waals surface area contributed by atoms with Crippen molar-refractivity contribution in [1.82, 2.24) is 19.6 Å². The molecule has 2 saturated heterocycles. The van der Waals surface area contributed by atoms with E-state index in [0.29, 0.717) is 18.7 Å². The standard InChI is InChI=1S/C22H28N4O2/c1-16-14-17(2)26(23-16)15-18-6-8-19(9-7-18)20(27)25-13-5-11-22(25)10-4-12-24(3)21(22)28/h6-9,14H,4-5,10-13,15H2,1-3H3. The first-order chi connectivity index (χ1) is 13.4. The number of likely N-dealkylation sites (tertiary alicyclic amines) is 2. The highest BCUT2D eigenvalue weighted by atomic mass is 16.2. The van der Waals surface area contributed by atoms with E-state index < -0.39 is 5.54 Å². The number of carbonyl (C=O) groups excluding carboxylic acids is 2. The number of hydrogen-bond acceptors (Lipinski definition) is 3. The Morgan fingerprint density at radius 2 is 1.79 bits per heavy atom. The molecule has 4 rings (SSSR count). The Hall–Kier alpha value is -2.63. The summed E-state index contributed by atoms with van der Waals surface area (Å²) in [5.41, 5.74) is 3.25. The number of rotatable bonds is 3. The summed E-state index contributed by atoms with van der Waals surface area (Å²) >= 11 is 0. The lowest BCUT2D eigenvalue weighted by atomic mass is 9.85. The Kier molecular flexibility index (Phi) is 4.73. The summed E-state index contributed by atoms with van der Waals surface area (Å²) in [5, 5.41) is 4.50. The van der Waals surface area contributed by atoms with Crippen molar-refractivity contribution in [3.8, 4) is 0 Å². The number of piperidine rings is 1. The second kappa shape index (κ2) is 7.08. The van der Waals surface area contributed by atoms with E-state index in [1.807, 2.05) is 54.7 Å². The molecule has 1 aromatic carbocycles. The van der Waals surface area contributed by atoms with Crippen LogP contribution in [0.15, 0.2) is 30.3 Å². The summed E-state index contributed by atoms with van der Waals surface area (Å²) in [4.78, 5) is 29.8. The molecule has 3 heterocycles. The number of hydrogen-bond donors (Lipinski definition) is 0. The summed E-state index contributed by atoms with van der Waals surface area (Å²) < 4.78 is 1.97. The summed E-state index contributed by atoms with van der Waals surface area (Å²) in [6.45, 7) is 6.16. The molecule has 148 valence electrons. The van der Waals surface area contributed by atoms with Crippen LogP contribution in [0.2, 0.25) is 0 Å². The molecule has 0 saturated carbocycles. The Morgan fingerprint density at radius 3 is 2.43 bits per heavy atom. The smallest absolute Gasteiger partial charge is 0.254 e. The monoisotopic (exact) mass is 380 g/mol. The first-order valence-electron chi connectivity index (χ1n) is 10.1. The van der Waals surface area contributed by atoms with Gasteiger partial charge in [0.25, 0.3) is 5.91 Å². The summed E-state index contributed by atoms with van der Waals surface area (Å²) in [6.07, 6.45) is 3.39. The average Bonchev–Trinajstić information content (AvgIpc) is 3.23. The van der Waals surface area contributed by atoms with Crippen molar-refractivity contribution >= 4 is 11.8 Å². The van der Waals surface area contributed by atoms with Crippen LogP contribution >= 0.6 is 0 Å². The van der Waals surface area contributed by atoms with Gasteiger partial charge in [0.15, 0.2) is 0 Å². The van der Waals surface area contributed by atoms with Crippen LogP contribution in [0, 0.1) is 13.8 Å². The summed E-state index contributed by atoms with van der Waals surface area (Å²) in [6, 6.07) is 9.80. The normalized spacial score (nSPS) is 22.3. The maximum Gasteiger partial charge on any atom is 0.254 e. The SMILES string of the molecule is Cc1cc(C)n(Cc2ccc(C(=O)N3CCCC34CCCN(C)C4=O)cc2)n1. The number of amides is 2. The van der Waals surface area contributed by atoms with Crippen LogP contribution in [0.5, 0.6) is 0 Å². The quantitative estimate of drug-likeness (QED) is 0.823. The van der Waals surface area contributed by atoms with Crippen molar-refractivity contribution in [2.24, 2.45) is 0 Å². The van der Waals surface area contributed by atoms with E-state index in [4.69, 9.17) is 0 Å². The van der Waals surface area contributed by atoms with E-state index >= 15 is 0 Å². The van der Waals surface area contributed by atoms with Crippen molar-refractivity contribution in [3.63, 3.8) is 0 Å². The van der Waals surface area contributed by atoms with Gasteiger partial charge in [-0.1, -0.05) is 12.1 Å². The van der Waals surface area contributed by atoms with Crippen LogP contribution in [0.3, 0.4) is 0 Å². The van der Waals surface area contributed by atoms with Crippen molar-refractivity contribution in [3.05, 3.63) is 52.8 Å². The van der Waals surface area contributed by atoms with Crippen molar-refractivity contribution in [1.29, 1.82) is 0 Å². The van der Waals surface area contributed by atoms with Crippen LogP contribution < -0.4 is 0 Å². The van der Waals surface area contributed by atoms with Gasteiger partial charge in [0.1, 0.15) is 5.54 Å². The minimum Gasteiger partial charge on any atom is -0.344 e. The van der Waals surface area contributed by atoms with E-state index in [1.165, 1.54) is 0 Å². The Balaban J connectivity index is 1.53. The fourth-order valence-corrected chi connectivity index (χ4v) is 4.75. The predicted octanol–water partition coefficient (Wildman–Crippen LogP) is 2.78. The molecule has 1 atom stereocenters. The van der Waals surface area contributed by atoms with Crippen molar-refractivity contribution < 1.29 is 9.59 Å². The zero-order valence-corrected chi connectivity index (χ0v) is 16.9. The minimum absolute atomic E-state index is 0.0289. The third-order valence-corrected chi connectivity index (χ3v) is 6.20. The maximum absolute atomic E-state index is 13.2. The fraction of sp³-hybridized carbons (Fsp3) is 0.500. The van der Waals surface area contributed by atoms with Crippen LogP contribution in [0.1, 0.15) is 53.0 Å². The van der Waals surface area contributed by atoms with Crippen molar-refractivity contribution in [2.75, 3.05) is 20.1 Å². The molecule has 2 fully saturated rings. The molecule has 0 radical (unpaired) electrons. The molecule has 2 aliphatic rings. The second-order valence-electron chi connectivity index (χ2n) is 8.20. The van der Waals surface area contributed by atoms with E-state index in [0.717, 1.165) is 49.2 Å². The van der Waals surface area contributed by atoms with Crippen LogP contribution in [-0.4, -0.2) is 57.1 Å². The number of aromatic nitrogens is 2. The summed E-state index contributed by atoms with van der Waals surface area (Å²) in [7, 11) is 1.85. The van der Waals surface area contributed by atoms with Gasteiger partial charge in [0.2, 0.25) is 5.91 Å². The molecule has 0 N–H and O–H groups in total. The first-order valence-corrected chi connectivity index (χ1v) is 10.1. The van der Waals surface area contributed by atoms with E-state index in [9.17, 15) is 9.59 Å². The third-order valence-electron chi connectivity index (χ3n) is 6.20. The predicted molar refractivity (Wildman–Crippen MR) is 107 cm³/mol. The molecule has 0 aliphatic carbocycles. The van der Waals surface area contributed by atoms with Gasteiger partial charge in [0, 0.05) is 31.4 Å². The Bertz CT molecular complexity index is 902. The van der Waals surface area contributed by atoms with Crippen molar-refractivity contribution in [2.45, 2.75) is 51.6 Å². The largest absolute Gasteiger partial charge is 0.344 e. The number of aryl methyl sites for hydroxylation is 2. The third kappa shape index (κ3) is 3.11. The van der Waals surface area contributed by atoms with Crippen LogP contribution in [-0.2, 0) is 11.3 Å². The van der Waals surface area contributed by atoms with Crippen LogP contribution in [0.4, 0.5) is 0 Å². The van der Waals surface area contributed by atoms with Gasteiger partial charge < -0.3 is 9.80 Å². The van der Waals surface area contributed by atoms with Gasteiger partial charge in [-0.3, -0.25) is 14.3 Å². The topological polar surface area (TPSA) is 58.4 Å². The Labute approximate surface area is 166 Å². The van der Waals surface area contributed by atoms with Gasteiger partial charge in [-0.05, 0) is 63.3 Å². The molecule has 1 spiro atoms. The maximum atomic E-state index is 13.2. The molecule has 2 aliphatic heterocycles. The van der Waals surface area contributed by atoms with E-state index in [1.54, 1.807) is 4.90 Å². The average molecular weight is 380 g/mol. The molecular formula is C22H28N4O2. The molecule has 2 aromatic rings. The van der Waals surface area contributed by atoms with Gasteiger partial charge in [-0.25, -0.2) is 0 Å². The lowest BCUT2D eigenvalue weighted by Gasteiger charge is -2.43. The van der Waals surface area contributed by atoms with Crippen LogP contribution in [0.25, 0.3) is 0 Å². The number of benzene rings is 1. The molecule has 0 bridgehead atoms. The van der Waals surface area contributed by atoms with Gasteiger partial charge in [-0.2, -0.15) is 5.10 Å². The van der Waals surface area contributed by atoms with Gasteiger partial charge in [-0.15, -0.1) is 0 Å². The highest BCUT2D eigenvalue weighted by Gasteiger charge is 2.52. The van der Waals surface area contributed by atoms with Gasteiger partial charge >= 0.3 is 0 Å². The Morgan fingerprint density at radius 1 is 1.11 bits per heavy atom. The highest BCUT2D eigenvalue weighted by molar-refractivity contribution is 6.00. The second-order valence-corrected chi connectivity index (χ2v) is 8.20. The fourth-order valence-electron chi connectivity index (χ4n) is 4.75. The molecule has 2 amide bonds. The number of likely N-dealkylation sites (N-methyl/N-ethyl adjacent to an activating group) is 1. The first kappa shape index (κ1) is 18.7. The highest BCUT2D eigenvalue weighted by Crippen LogP contribution is 2.38. The number of carbonyl (C=O) groups is 2. The lowest BCUT2D eigenvalue weighted by molar-refractivity contribution is -0.144. The molecule has 28 heavy (non-hydrogen) atoms. The van der Waals surface area contributed by atoms with Gasteiger partial charge in [0.05, 0.1) is 12.2 Å². The molecule has 1 aromatic heterocycles. The number of nitrogens with zero attached hydrogens (tertiary/aromatic N) is 4. The molecule has 6 heteroatoms. The lowest BCUT2D eigenvalue weighted by Crippen LogP contribution is -2.60. The minimum atomic E-state index is -0.632. The van der Waals surface area contributed by atoms with E-state index in [2.05, 4.69) is 11.2 Å². The molecule has 1 unspecified atom stereocenters. The zero-order valence-electron chi connectivity index (χ0n) is 16.9. The molecular weight excluding hydrogens is 352 g/mol. The zero-order chi connectivity index (χ0) is 19.9.